The largest absolute Gasteiger partial charge is 0.494 e. The number of fused-ring (bicyclic) bond motifs is 3. The average molecular weight is 341 g/mol. The van der Waals surface area contributed by atoms with E-state index in [4.69, 9.17) is 0 Å². The summed E-state index contributed by atoms with van der Waals surface area (Å²) in [7, 11) is 4.92. The molecule has 0 amide bonds. The zero-order valence-corrected chi connectivity index (χ0v) is 14.5. The van der Waals surface area contributed by atoms with Gasteiger partial charge in [0, 0.05) is 31.4 Å². The van der Waals surface area contributed by atoms with Crippen LogP contribution in [0.2, 0.25) is 0 Å². The number of hydrogen-bond acceptors (Lipinski definition) is 3. The van der Waals surface area contributed by atoms with Crippen molar-refractivity contribution in [2.24, 2.45) is 14.1 Å². The van der Waals surface area contributed by atoms with Crippen LogP contribution in [0.3, 0.4) is 0 Å². The van der Waals surface area contributed by atoms with Crippen LogP contribution in [0, 0.1) is 0 Å². The standard InChI is InChI=1S/C18H20N4O3/c1-20-9-8-11-10-6-4-5-7-12(10)19-14(11)15(20)13-16(23)21(2)18(25)22(3)17(13)24/h4-7,15,19,23H,8-9H2,1-3H3/p+1/t15-/m0/s1. The van der Waals surface area contributed by atoms with E-state index < -0.39 is 11.2 Å². The maximum absolute atomic E-state index is 12.8. The van der Waals surface area contributed by atoms with Crippen molar-refractivity contribution in [1.82, 2.24) is 14.1 Å². The molecular weight excluding hydrogens is 320 g/mol. The Kier molecular flexibility index (Phi) is 3.36. The number of H-pyrrole nitrogens is 1. The van der Waals surface area contributed by atoms with Crippen molar-refractivity contribution in [2.75, 3.05) is 13.6 Å². The van der Waals surface area contributed by atoms with Crippen LogP contribution in [-0.4, -0.2) is 32.8 Å². The SMILES string of the molecule is Cn1c(O)c([C@H]2c3[nH]c4ccccc4c3CC[NH+]2C)c(=O)n(C)c1=O. The topological polar surface area (TPSA) is 84.5 Å². The van der Waals surface area contributed by atoms with E-state index in [1.165, 1.54) is 19.7 Å². The number of quaternary nitrogens is 1. The number of hydrogen-bond donors (Lipinski definition) is 3. The Balaban J connectivity index is 2.05. The number of nitrogens with zero attached hydrogens (tertiary/aromatic N) is 2. The minimum Gasteiger partial charge on any atom is -0.494 e. The first-order chi connectivity index (χ1) is 11.9. The second-order valence-corrected chi connectivity index (χ2v) is 6.79. The molecule has 25 heavy (non-hydrogen) atoms. The number of para-hydroxylation sites is 1. The van der Waals surface area contributed by atoms with Crippen LogP contribution in [0.5, 0.6) is 5.88 Å². The molecule has 0 aliphatic carbocycles. The van der Waals surface area contributed by atoms with Gasteiger partial charge < -0.3 is 15.0 Å². The molecular formula is C18H21N4O3+. The summed E-state index contributed by atoms with van der Waals surface area (Å²) in [6.45, 7) is 0.838. The summed E-state index contributed by atoms with van der Waals surface area (Å²) in [5, 5.41) is 11.7. The lowest BCUT2D eigenvalue weighted by Crippen LogP contribution is -3.10. The van der Waals surface area contributed by atoms with Gasteiger partial charge in [-0.3, -0.25) is 13.9 Å². The van der Waals surface area contributed by atoms with E-state index in [9.17, 15) is 14.7 Å². The maximum Gasteiger partial charge on any atom is 0.333 e. The van der Waals surface area contributed by atoms with Crippen molar-refractivity contribution in [2.45, 2.75) is 12.5 Å². The van der Waals surface area contributed by atoms with Crippen LogP contribution in [0.25, 0.3) is 10.9 Å². The second-order valence-electron chi connectivity index (χ2n) is 6.79. The molecule has 4 rings (SSSR count). The van der Waals surface area contributed by atoms with Gasteiger partial charge in [-0.1, -0.05) is 18.2 Å². The molecule has 0 fully saturated rings. The Morgan fingerprint density at radius 2 is 1.92 bits per heavy atom. The molecule has 1 unspecified atom stereocenters. The fourth-order valence-corrected chi connectivity index (χ4v) is 3.95. The van der Waals surface area contributed by atoms with E-state index in [2.05, 4.69) is 11.1 Å². The van der Waals surface area contributed by atoms with Gasteiger partial charge in [0.05, 0.1) is 19.3 Å². The van der Waals surface area contributed by atoms with E-state index in [1.54, 1.807) is 0 Å². The molecule has 1 aromatic carbocycles. The van der Waals surface area contributed by atoms with Gasteiger partial charge in [-0.2, -0.15) is 0 Å². The smallest absolute Gasteiger partial charge is 0.333 e. The third-order valence-electron chi connectivity index (χ3n) is 5.35. The summed E-state index contributed by atoms with van der Waals surface area (Å²) in [5.74, 6) is -0.260. The molecule has 0 radical (unpaired) electrons. The lowest BCUT2D eigenvalue weighted by atomic mass is 9.94. The van der Waals surface area contributed by atoms with Crippen LogP contribution < -0.4 is 16.1 Å². The van der Waals surface area contributed by atoms with Crippen LogP contribution in [0.4, 0.5) is 0 Å². The van der Waals surface area contributed by atoms with Gasteiger partial charge in [0.15, 0.2) is 6.04 Å². The summed E-state index contributed by atoms with van der Waals surface area (Å²) in [6, 6.07) is 7.71. The minimum absolute atomic E-state index is 0.259. The molecule has 3 heterocycles. The van der Waals surface area contributed by atoms with Crippen molar-refractivity contribution in [3.63, 3.8) is 0 Å². The lowest BCUT2D eigenvalue weighted by Gasteiger charge is -2.30. The summed E-state index contributed by atoms with van der Waals surface area (Å²) < 4.78 is 2.18. The monoisotopic (exact) mass is 341 g/mol. The highest BCUT2D eigenvalue weighted by Crippen LogP contribution is 2.32. The van der Waals surface area contributed by atoms with E-state index >= 15 is 0 Å². The molecule has 130 valence electrons. The molecule has 0 saturated heterocycles. The van der Waals surface area contributed by atoms with Crippen molar-refractivity contribution in [1.29, 1.82) is 0 Å². The summed E-state index contributed by atoms with van der Waals surface area (Å²) >= 11 is 0. The fraction of sp³-hybridized carbons (Fsp3) is 0.333. The van der Waals surface area contributed by atoms with Crippen molar-refractivity contribution >= 4 is 10.9 Å². The van der Waals surface area contributed by atoms with Crippen LogP contribution >= 0.6 is 0 Å². The first kappa shape index (κ1) is 15.7. The maximum atomic E-state index is 12.8. The fourth-order valence-electron chi connectivity index (χ4n) is 3.95. The van der Waals surface area contributed by atoms with Crippen molar-refractivity contribution in [3.05, 3.63) is 61.9 Å². The van der Waals surface area contributed by atoms with Gasteiger partial charge in [-0.15, -0.1) is 0 Å². The molecule has 1 aliphatic rings. The molecule has 1 aliphatic heterocycles. The zero-order valence-electron chi connectivity index (χ0n) is 14.5. The third-order valence-corrected chi connectivity index (χ3v) is 5.35. The molecule has 7 heteroatoms. The highest BCUT2D eigenvalue weighted by atomic mass is 16.3. The molecule has 0 bridgehead atoms. The van der Waals surface area contributed by atoms with Crippen molar-refractivity contribution < 1.29 is 10.0 Å². The van der Waals surface area contributed by atoms with Crippen molar-refractivity contribution in [3.8, 4) is 5.88 Å². The van der Waals surface area contributed by atoms with Gasteiger partial charge in [0.25, 0.3) is 5.56 Å². The van der Waals surface area contributed by atoms with E-state index in [0.717, 1.165) is 43.6 Å². The van der Waals surface area contributed by atoms with Gasteiger partial charge >= 0.3 is 5.69 Å². The number of benzene rings is 1. The Bertz CT molecular complexity index is 1110. The molecule has 0 saturated carbocycles. The Morgan fingerprint density at radius 3 is 2.68 bits per heavy atom. The number of aromatic amines is 1. The second kappa shape index (κ2) is 5.35. The lowest BCUT2D eigenvalue weighted by molar-refractivity contribution is -0.908. The first-order valence-electron chi connectivity index (χ1n) is 8.32. The third kappa shape index (κ3) is 2.09. The quantitative estimate of drug-likeness (QED) is 0.554. The molecule has 2 aromatic heterocycles. The Morgan fingerprint density at radius 1 is 1.20 bits per heavy atom. The molecule has 0 spiro atoms. The van der Waals surface area contributed by atoms with E-state index in [0.29, 0.717) is 0 Å². The summed E-state index contributed by atoms with van der Waals surface area (Å²) in [5.41, 5.74) is 2.42. The predicted molar refractivity (Wildman–Crippen MR) is 94.2 cm³/mol. The minimum atomic E-state index is -0.531. The predicted octanol–water partition coefficient (Wildman–Crippen LogP) is -0.569. The highest BCUT2D eigenvalue weighted by Gasteiger charge is 2.37. The summed E-state index contributed by atoms with van der Waals surface area (Å²) in [6.07, 6.45) is 0.897. The van der Waals surface area contributed by atoms with E-state index in [1.807, 2.05) is 25.2 Å². The van der Waals surface area contributed by atoms with Gasteiger partial charge in [-0.25, -0.2) is 4.79 Å². The number of nitrogens with one attached hydrogen (secondary N) is 2. The average Bonchev–Trinajstić information content (AvgIpc) is 2.99. The number of aromatic hydroxyl groups is 1. The highest BCUT2D eigenvalue weighted by molar-refractivity contribution is 5.85. The number of aromatic nitrogens is 3. The van der Waals surface area contributed by atoms with Gasteiger partial charge in [0.2, 0.25) is 5.88 Å². The van der Waals surface area contributed by atoms with Gasteiger partial charge in [0.1, 0.15) is 5.56 Å². The molecule has 3 aromatic rings. The zero-order chi connectivity index (χ0) is 17.9. The van der Waals surface area contributed by atoms with E-state index in [-0.39, 0.29) is 17.5 Å². The summed E-state index contributed by atoms with van der Waals surface area (Å²) in [4.78, 5) is 29.4. The molecule has 2 atom stereocenters. The number of likely N-dealkylation sites (N-methyl/N-ethyl adjacent to an activating group) is 1. The molecule has 3 N–H and O–H groups in total. The van der Waals surface area contributed by atoms with Gasteiger partial charge in [-0.05, 0) is 11.6 Å². The Hall–Kier alpha value is -2.80. The number of rotatable bonds is 1. The van der Waals surface area contributed by atoms with Crippen LogP contribution in [0.1, 0.15) is 22.9 Å². The molecule has 7 nitrogen and oxygen atoms in total. The van der Waals surface area contributed by atoms with Crippen LogP contribution in [0.15, 0.2) is 33.9 Å². The Labute approximate surface area is 143 Å². The normalized spacial score (nSPS) is 20.0. The van der Waals surface area contributed by atoms with Crippen LogP contribution in [-0.2, 0) is 20.5 Å². The first-order valence-corrected chi connectivity index (χ1v) is 8.32.